The minimum Gasteiger partial charge on any atom is -0.224 e. The zero-order valence-electron chi connectivity index (χ0n) is 11.7. The van der Waals surface area contributed by atoms with Crippen molar-refractivity contribution in [1.29, 1.82) is 0 Å². The molecule has 0 unspecified atom stereocenters. The van der Waals surface area contributed by atoms with Crippen LogP contribution in [0.2, 0.25) is 10.3 Å². The second-order valence-corrected chi connectivity index (χ2v) is 5.56. The quantitative estimate of drug-likeness (QED) is 0.603. The molecule has 0 aliphatic carbocycles. The molecule has 0 bridgehead atoms. The van der Waals surface area contributed by atoms with Gasteiger partial charge < -0.3 is 0 Å². The summed E-state index contributed by atoms with van der Waals surface area (Å²) in [4.78, 5) is 7.79. The molecule has 0 aliphatic heterocycles. The van der Waals surface area contributed by atoms with Gasteiger partial charge in [0.05, 0.1) is 0 Å². The summed E-state index contributed by atoms with van der Waals surface area (Å²) in [6.45, 7) is 0. The SMILES string of the molecule is Fc1ccccc1C(c1ccccc1F)c1c(Cl)ncnc1Cl. The molecule has 0 fully saturated rings. The topological polar surface area (TPSA) is 25.8 Å². The maximum atomic E-state index is 14.4. The molecule has 3 aromatic rings. The number of aromatic nitrogens is 2. The smallest absolute Gasteiger partial charge is 0.138 e. The van der Waals surface area contributed by atoms with Crippen LogP contribution in [0.3, 0.4) is 0 Å². The van der Waals surface area contributed by atoms with E-state index in [0.29, 0.717) is 0 Å². The van der Waals surface area contributed by atoms with E-state index in [1.54, 1.807) is 36.4 Å². The van der Waals surface area contributed by atoms with Crippen molar-refractivity contribution in [2.75, 3.05) is 0 Å². The number of halogens is 4. The molecule has 116 valence electrons. The fourth-order valence-corrected chi connectivity index (χ4v) is 3.02. The minimum atomic E-state index is -0.849. The summed E-state index contributed by atoms with van der Waals surface area (Å²) in [5, 5.41) is 0.114. The Balaban J connectivity index is 2.32. The summed E-state index contributed by atoms with van der Waals surface area (Å²) in [5.74, 6) is -1.83. The van der Waals surface area contributed by atoms with Crippen molar-refractivity contribution in [3.63, 3.8) is 0 Å². The van der Waals surface area contributed by atoms with E-state index >= 15 is 0 Å². The number of benzene rings is 2. The highest BCUT2D eigenvalue weighted by Gasteiger charge is 2.28. The Morgan fingerprint density at radius 1 is 0.739 bits per heavy atom. The van der Waals surface area contributed by atoms with Gasteiger partial charge in [-0.05, 0) is 12.1 Å². The average Bonchev–Trinajstić information content (AvgIpc) is 2.53. The lowest BCUT2D eigenvalue weighted by molar-refractivity contribution is 0.586. The van der Waals surface area contributed by atoms with E-state index in [-0.39, 0.29) is 27.0 Å². The van der Waals surface area contributed by atoms with Crippen LogP contribution < -0.4 is 0 Å². The minimum absolute atomic E-state index is 0.0570. The summed E-state index contributed by atoms with van der Waals surface area (Å²) >= 11 is 12.3. The highest BCUT2D eigenvalue weighted by Crippen LogP contribution is 2.40. The van der Waals surface area contributed by atoms with Gasteiger partial charge in [-0.1, -0.05) is 59.6 Å². The predicted molar refractivity (Wildman–Crippen MR) is 85.8 cm³/mol. The first-order chi connectivity index (χ1) is 11.1. The van der Waals surface area contributed by atoms with Gasteiger partial charge in [0, 0.05) is 22.6 Å². The summed E-state index contributed by atoms with van der Waals surface area (Å²) in [6.07, 6.45) is 1.20. The Morgan fingerprint density at radius 3 is 1.61 bits per heavy atom. The molecule has 23 heavy (non-hydrogen) atoms. The Hall–Kier alpha value is -2.04. The van der Waals surface area contributed by atoms with Crippen molar-refractivity contribution in [3.05, 3.63) is 93.5 Å². The van der Waals surface area contributed by atoms with Gasteiger partial charge in [-0.25, -0.2) is 18.7 Å². The lowest BCUT2D eigenvalue weighted by Gasteiger charge is -2.21. The Morgan fingerprint density at radius 2 is 1.17 bits per heavy atom. The molecule has 6 heteroatoms. The van der Waals surface area contributed by atoms with Crippen LogP contribution in [0.1, 0.15) is 22.6 Å². The largest absolute Gasteiger partial charge is 0.224 e. The average molecular weight is 351 g/mol. The zero-order chi connectivity index (χ0) is 16.4. The molecule has 0 saturated carbocycles. The van der Waals surface area contributed by atoms with Crippen LogP contribution in [0.25, 0.3) is 0 Å². The van der Waals surface area contributed by atoms with Gasteiger partial charge in [-0.3, -0.25) is 0 Å². The number of nitrogens with zero attached hydrogens (tertiary/aromatic N) is 2. The highest BCUT2D eigenvalue weighted by atomic mass is 35.5. The standard InChI is InChI=1S/C17H10Cl2F2N2/c18-16-15(17(19)23-9-22-16)14(10-5-1-3-7-12(10)20)11-6-2-4-8-13(11)21/h1-9,14H. The van der Waals surface area contributed by atoms with Crippen LogP contribution in [-0.4, -0.2) is 9.97 Å². The van der Waals surface area contributed by atoms with Gasteiger partial charge in [0.25, 0.3) is 0 Å². The van der Waals surface area contributed by atoms with Crippen LogP contribution in [0.5, 0.6) is 0 Å². The van der Waals surface area contributed by atoms with E-state index < -0.39 is 17.6 Å². The van der Waals surface area contributed by atoms with Crippen LogP contribution in [-0.2, 0) is 0 Å². The first-order valence-corrected chi connectivity index (χ1v) is 7.50. The van der Waals surface area contributed by atoms with Crippen molar-refractivity contribution in [2.45, 2.75) is 5.92 Å². The Bertz CT molecular complexity index is 790. The fourth-order valence-electron chi connectivity index (χ4n) is 2.49. The normalized spacial score (nSPS) is 11.0. The number of hydrogen-bond donors (Lipinski definition) is 0. The number of rotatable bonds is 3. The lowest BCUT2D eigenvalue weighted by Crippen LogP contribution is -2.10. The van der Waals surface area contributed by atoms with E-state index in [0.717, 1.165) is 0 Å². The highest BCUT2D eigenvalue weighted by molar-refractivity contribution is 6.34. The maximum absolute atomic E-state index is 14.4. The van der Waals surface area contributed by atoms with Crippen LogP contribution in [0, 0.1) is 11.6 Å². The van der Waals surface area contributed by atoms with Crippen LogP contribution >= 0.6 is 23.2 Å². The third kappa shape index (κ3) is 3.05. The Kier molecular flexibility index (Phi) is 4.55. The van der Waals surface area contributed by atoms with E-state index in [2.05, 4.69) is 9.97 Å². The van der Waals surface area contributed by atoms with Gasteiger partial charge in [0.15, 0.2) is 0 Å². The number of hydrogen-bond acceptors (Lipinski definition) is 2. The third-order valence-corrected chi connectivity index (χ3v) is 4.11. The van der Waals surface area contributed by atoms with Crippen LogP contribution in [0.15, 0.2) is 54.9 Å². The molecular weight excluding hydrogens is 341 g/mol. The molecule has 0 radical (unpaired) electrons. The van der Waals surface area contributed by atoms with Crippen molar-refractivity contribution in [2.24, 2.45) is 0 Å². The van der Waals surface area contributed by atoms with E-state index in [1.165, 1.54) is 18.5 Å². The molecule has 0 aliphatic rings. The summed E-state index contributed by atoms with van der Waals surface area (Å²) < 4.78 is 28.7. The summed E-state index contributed by atoms with van der Waals surface area (Å²) in [6, 6.07) is 12.2. The molecule has 0 N–H and O–H groups in total. The van der Waals surface area contributed by atoms with Gasteiger partial charge in [-0.15, -0.1) is 0 Å². The van der Waals surface area contributed by atoms with Gasteiger partial charge >= 0.3 is 0 Å². The second-order valence-electron chi connectivity index (χ2n) is 4.85. The molecule has 2 nitrogen and oxygen atoms in total. The molecule has 0 amide bonds. The molecule has 1 aromatic heterocycles. The molecular formula is C17H10Cl2F2N2. The third-order valence-electron chi connectivity index (χ3n) is 3.51. The maximum Gasteiger partial charge on any atom is 0.138 e. The van der Waals surface area contributed by atoms with Crippen molar-refractivity contribution >= 4 is 23.2 Å². The molecule has 0 spiro atoms. The molecule has 0 saturated heterocycles. The molecule has 0 atom stereocenters. The first-order valence-electron chi connectivity index (χ1n) is 6.74. The van der Waals surface area contributed by atoms with Gasteiger partial charge in [0.1, 0.15) is 28.3 Å². The van der Waals surface area contributed by atoms with Crippen molar-refractivity contribution < 1.29 is 8.78 Å². The van der Waals surface area contributed by atoms with Crippen LogP contribution in [0.4, 0.5) is 8.78 Å². The Labute approximate surface area is 141 Å². The monoisotopic (exact) mass is 350 g/mol. The predicted octanol–water partition coefficient (Wildman–Crippen LogP) is 5.24. The van der Waals surface area contributed by atoms with Crippen molar-refractivity contribution in [3.8, 4) is 0 Å². The summed E-state index contributed by atoms with van der Waals surface area (Å²) in [5.41, 5.74) is 0.762. The zero-order valence-corrected chi connectivity index (χ0v) is 13.2. The molecule has 1 heterocycles. The van der Waals surface area contributed by atoms with Crippen molar-refractivity contribution in [1.82, 2.24) is 9.97 Å². The molecule has 3 rings (SSSR count). The first kappa shape index (κ1) is 15.8. The summed E-state index contributed by atoms with van der Waals surface area (Å²) in [7, 11) is 0. The van der Waals surface area contributed by atoms with E-state index in [1.807, 2.05) is 0 Å². The van der Waals surface area contributed by atoms with E-state index in [9.17, 15) is 8.78 Å². The van der Waals surface area contributed by atoms with E-state index in [4.69, 9.17) is 23.2 Å². The lowest BCUT2D eigenvalue weighted by atomic mass is 9.86. The second kappa shape index (κ2) is 6.60. The molecule has 2 aromatic carbocycles. The van der Waals surface area contributed by atoms with Gasteiger partial charge in [0.2, 0.25) is 0 Å². The van der Waals surface area contributed by atoms with Gasteiger partial charge in [-0.2, -0.15) is 0 Å². The fraction of sp³-hybridized carbons (Fsp3) is 0.0588.